The molecule has 0 radical (unpaired) electrons. The van der Waals surface area contributed by atoms with Crippen molar-refractivity contribution in [2.45, 2.75) is 62.3 Å². The lowest BCUT2D eigenvalue weighted by Crippen LogP contribution is -2.64. The van der Waals surface area contributed by atoms with Crippen LogP contribution in [-0.4, -0.2) is 104 Å². The molecule has 4 fully saturated rings. The van der Waals surface area contributed by atoms with Gasteiger partial charge in [0.15, 0.2) is 5.82 Å². The van der Waals surface area contributed by atoms with Crippen LogP contribution in [0.2, 0.25) is 5.02 Å². The number of nitrogens with two attached hydrogens (primary N) is 1. The van der Waals surface area contributed by atoms with Gasteiger partial charge in [0.2, 0.25) is 0 Å². The number of rotatable bonds is 8. The molecule has 2 atom stereocenters. The van der Waals surface area contributed by atoms with E-state index in [2.05, 4.69) is 20.0 Å². The van der Waals surface area contributed by atoms with Crippen LogP contribution in [0.4, 0.5) is 33.2 Å². The lowest BCUT2D eigenvalue weighted by atomic mass is 9.82. The van der Waals surface area contributed by atoms with Gasteiger partial charge in [-0.05, 0) is 69.3 Å². The number of nitrogen functional groups attached to an aromatic ring is 1. The highest BCUT2D eigenvalue weighted by atomic mass is 35.5. The van der Waals surface area contributed by atoms with Crippen LogP contribution in [0, 0.1) is 23.0 Å². The molecule has 1 spiro atoms. The number of ether oxygens (including phenoxy) is 2. The number of nitrogens with zero attached hydrogens (tertiary/aromatic N) is 9. The summed E-state index contributed by atoms with van der Waals surface area (Å²) in [5, 5.41) is 14.2. The first-order chi connectivity index (χ1) is 26.5. The minimum absolute atomic E-state index is 0.0101. The Labute approximate surface area is 320 Å². The summed E-state index contributed by atoms with van der Waals surface area (Å²) in [6.45, 7) is -0.838. The standard InChI is InChI=1S/C36H33ClF4N10O3S/c37-23-11-21-28(27(39)26(23)20-3-4-24(38)29-25(20)22(13-42)30(43)55-29)46-33(54-16-35-5-1-8-48(35)9-2-6-35)47-31(21)49-15-36(12-19(49)14-53-32(40)41)7-10-50(36)34(52)51-18-44-17-45-51/h3-4,11,17-19,32H,1-2,5-10,12,14-16,43H2. The maximum atomic E-state index is 17.3. The molecular formula is C36H33ClF4N10O3S. The third-order valence-corrected chi connectivity index (χ3v) is 13.1. The van der Waals surface area contributed by atoms with Crippen LogP contribution < -0.4 is 15.4 Å². The van der Waals surface area contributed by atoms with Gasteiger partial charge in [0, 0.05) is 29.4 Å². The number of carbonyl (C=O) groups excluding carboxylic acids is 1. The third-order valence-electron chi connectivity index (χ3n) is 11.7. The van der Waals surface area contributed by atoms with Crippen molar-refractivity contribution < 1.29 is 31.8 Å². The number of hydrogen-bond donors (Lipinski definition) is 1. The number of hydrogen-bond acceptors (Lipinski definition) is 12. The number of aromatic nitrogens is 5. The molecule has 0 aliphatic carbocycles. The molecule has 2 aromatic carbocycles. The predicted molar refractivity (Wildman–Crippen MR) is 195 cm³/mol. The monoisotopic (exact) mass is 796 g/mol. The fourth-order valence-electron chi connectivity index (χ4n) is 9.14. The Morgan fingerprint density at radius 2 is 1.96 bits per heavy atom. The second-order valence-corrected chi connectivity index (χ2v) is 16.0. The van der Waals surface area contributed by atoms with E-state index in [1.165, 1.54) is 24.8 Å². The Kier molecular flexibility index (Phi) is 8.75. The van der Waals surface area contributed by atoms with Crippen molar-refractivity contribution in [1.29, 1.82) is 5.26 Å². The van der Waals surface area contributed by atoms with Crippen LogP contribution in [0.1, 0.15) is 44.1 Å². The van der Waals surface area contributed by atoms with Gasteiger partial charge in [-0.2, -0.15) is 33.8 Å². The van der Waals surface area contributed by atoms with Gasteiger partial charge in [0.05, 0.1) is 39.0 Å². The summed E-state index contributed by atoms with van der Waals surface area (Å²) in [7, 11) is 0. The Balaban J connectivity index is 1.20. The zero-order valence-corrected chi connectivity index (χ0v) is 30.7. The molecule has 0 saturated carbocycles. The molecule has 1 amide bonds. The predicted octanol–water partition coefficient (Wildman–Crippen LogP) is 6.43. The average molecular weight is 797 g/mol. The highest BCUT2D eigenvalue weighted by Crippen LogP contribution is 2.49. The molecule has 55 heavy (non-hydrogen) atoms. The topological polar surface area (TPSA) is 152 Å². The number of alkyl halides is 2. The number of halogens is 5. The first-order valence-electron chi connectivity index (χ1n) is 17.8. The van der Waals surface area contributed by atoms with Gasteiger partial charge in [-0.15, -0.1) is 11.3 Å². The van der Waals surface area contributed by atoms with Gasteiger partial charge < -0.3 is 25.0 Å². The molecule has 286 valence electrons. The SMILES string of the molecule is N#Cc1c(N)sc2c(F)ccc(-c3c(Cl)cc4c(N5CC6(CCN6C(=O)n6cncn6)CC5COC(F)F)nc(OCC56CCCN5CCC6)nc4c3F)c12. The molecule has 7 heterocycles. The first-order valence-corrected chi connectivity index (χ1v) is 19.0. The summed E-state index contributed by atoms with van der Waals surface area (Å²) in [6.07, 6.45) is 7.18. The van der Waals surface area contributed by atoms with Crippen molar-refractivity contribution in [2.24, 2.45) is 0 Å². The second-order valence-electron chi connectivity index (χ2n) is 14.6. The minimum atomic E-state index is -3.07. The highest BCUT2D eigenvalue weighted by molar-refractivity contribution is 7.23. The van der Waals surface area contributed by atoms with Gasteiger partial charge in [0.25, 0.3) is 0 Å². The van der Waals surface area contributed by atoms with Crippen molar-refractivity contribution in [2.75, 3.05) is 50.0 Å². The summed E-state index contributed by atoms with van der Waals surface area (Å²) < 4.78 is 71.9. The first kappa shape index (κ1) is 35.8. The molecule has 13 nitrogen and oxygen atoms in total. The van der Waals surface area contributed by atoms with E-state index in [-0.39, 0.29) is 84.6 Å². The number of benzene rings is 2. The van der Waals surface area contributed by atoms with Crippen LogP contribution >= 0.6 is 22.9 Å². The van der Waals surface area contributed by atoms with Gasteiger partial charge in [-0.25, -0.2) is 18.6 Å². The van der Waals surface area contributed by atoms with Crippen LogP contribution in [0.5, 0.6) is 6.01 Å². The average Bonchev–Trinajstić information content (AvgIpc) is 3.99. The fraction of sp³-hybridized carbons (Fsp3) is 0.444. The number of carbonyl (C=O) groups is 1. The molecule has 4 aliphatic heterocycles. The van der Waals surface area contributed by atoms with E-state index in [0.717, 1.165) is 60.9 Å². The minimum Gasteiger partial charge on any atom is -0.461 e. The van der Waals surface area contributed by atoms with E-state index in [1.807, 2.05) is 6.07 Å². The van der Waals surface area contributed by atoms with E-state index in [4.69, 9.17) is 31.8 Å². The summed E-state index contributed by atoms with van der Waals surface area (Å²) in [5.74, 6) is -1.37. The van der Waals surface area contributed by atoms with Crippen LogP contribution in [-0.2, 0) is 4.74 Å². The maximum Gasteiger partial charge on any atom is 0.346 e. The highest BCUT2D eigenvalue weighted by Gasteiger charge is 2.56. The van der Waals surface area contributed by atoms with E-state index in [9.17, 15) is 18.8 Å². The van der Waals surface area contributed by atoms with Crippen LogP contribution in [0.25, 0.3) is 32.1 Å². The number of likely N-dealkylation sites (tertiary alicyclic amines) is 1. The molecule has 9 rings (SSSR count). The lowest BCUT2D eigenvalue weighted by molar-refractivity contribution is -0.132. The molecular weight excluding hydrogens is 764 g/mol. The Morgan fingerprint density at radius 1 is 1.16 bits per heavy atom. The molecule has 19 heteroatoms. The molecule has 2 unspecified atom stereocenters. The normalized spacial score (nSPS) is 21.9. The molecule has 4 saturated heterocycles. The number of fused-ring (bicyclic) bond motifs is 3. The molecule has 3 aromatic heterocycles. The molecule has 2 N–H and O–H groups in total. The van der Waals surface area contributed by atoms with Crippen molar-refractivity contribution in [3.8, 4) is 23.2 Å². The Bertz CT molecular complexity index is 2380. The number of nitriles is 1. The summed E-state index contributed by atoms with van der Waals surface area (Å²) in [5.41, 5.74) is 4.86. The van der Waals surface area contributed by atoms with Gasteiger partial charge in [-0.3, -0.25) is 4.90 Å². The van der Waals surface area contributed by atoms with Crippen molar-refractivity contribution in [3.05, 3.63) is 53.1 Å². The second kappa shape index (κ2) is 13.4. The summed E-state index contributed by atoms with van der Waals surface area (Å²) >= 11 is 7.79. The number of anilines is 2. The fourth-order valence-corrected chi connectivity index (χ4v) is 10.4. The molecule has 5 aromatic rings. The van der Waals surface area contributed by atoms with Gasteiger partial charge in [-0.1, -0.05) is 17.7 Å². The number of amides is 1. The van der Waals surface area contributed by atoms with E-state index < -0.39 is 42.5 Å². The molecule has 4 aliphatic rings. The number of thiophene rings is 1. The summed E-state index contributed by atoms with van der Waals surface area (Å²) in [6, 6.07) is 4.67. The lowest BCUT2D eigenvalue weighted by Gasteiger charge is -2.50. The van der Waals surface area contributed by atoms with Crippen molar-refractivity contribution in [3.63, 3.8) is 0 Å². The zero-order valence-electron chi connectivity index (χ0n) is 29.2. The third kappa shape index (κ3) is 5.73. The van der Waals surface area contributed by atoms with Gasteiger partial charge >= 0.3 is 18.7 Å². The zero-order chi connectivity index (χ0) is 38.2. The smallest absolute Gasteiger partial charge is 0.346 e. The maximum absolute atomic E-state index is 17.3. The van der Waals surface area contributed by atoms with Crippen molar-refractivity contribution >= 4 is 60.8 Å². The van der Waals surface area contributed by atoms with Crippen LogP contribution in [0.15, 0.2) is 30.9 Å². The quantitative estimate of drug-likeness (QED) is 0.173. The Morgan fingerprint density at radius 3 is 2.65 bits per heavy atom. The largest absolute Gasteiger partial charge is 0.461 e. The molecule has 0 bridgehead atoms. The van der Waals surface area contributed by atoms with E-state index in [1.54, 1.807) is 9.80 Å². The van der Waals surface area contributed by atoms with Crippen molar-refractivity contribution in [1.82, 2.24) is 34.5 Å². The van der Waals surface area contributed by atoms with Gasteiger partial charge in [0.1, 0.15) is 47.5 Å². The van der Waals surface area contributed by atoms with E-state index in [0.29, 0.717) is 13.0 Å². The van der Waals surface area contributed by atoms with Crippen LogP contribution in [0.3, 0.4) is 0 Å². The Hall–Kier alpha value is -4.83. The summed E-state index contributed by atoms with van der Waals surface area (Å²) in [4.78, 5) is 32.5. The van der Waals surface area contributed by atoms with E-state index >= 15 is 8.78 Å².